The van der Waals surface area contributed by atoms with Gasteiger partial charge in [0.15, 0.2) is 0 Å². The maximum Gasteiger partial charge on any atom is 0.261 e. The van der Waals surface area contributed by atoms with Crippen LogP contribution in [0.5, 0.6) is 5.75 Å². The molecule has 0 aromatic heterocycles. The lowest BCUT2D eigenvalue weighted by molar-refractivity contribution is 0.0940. The molecule has 0 unspecified atom stereocenters. The minimum Gasteiger partial charge on any atom is -0.494 e. The molecule has 0 aliphatic rings. The molecule has 6 nitrogen and oxygen atoms in total. The Hall–Kier alpha value is -3.32. The number of nitrogens with one attached hydrogen (secondary N) is 2. The van der Waals surface area contributed by atoms with Crippen LogP contribution in [0.3, 0.4) is 0 Å². The van der Waals surface area contributed by atoms with Gasteiger partial charge >= 0.3 is 0 Å². The molecular weight excluding hydrogens is 412 g/mol. The maximum atomic E-state index is 12.7. The van der Waals surface area contributed by atoms with Gasteiger partial charge in [0.1, 0.15) is 5.75 Å². The zero-order valence-corrected chi connectivity index (χ0v) is 18.6. The highest BCUT2D eigenvalue weighted by molar-refractivity contribution is 7.92. The van der Waals surface area contributed by atoms with E-state index in [9.17, 15) is 13.2 Å². The van der Waals surface area contributed by atoms with E-state index in [2.05, 4.69) is 10.0 Å². The number of hydrogen-bond donors (Lipinski definition) is 2. The van der Waals surface area contributed by atoms with Crippen molar-refractivity contribution in [1.29, 1.82) is 0 Å². The second-order valence-electron chi connectivity index (χ2n) is 7.15. The highest BCUT2D eigenvalue weighted by Crippen LogP contribution is 2.22. The molecule has 1 atom stereocenters. The highest BCUT2D eigenvalue weighted by atomic mass is 32.2. The van der Waals surface area contributed by atoms with Crippen LogP contribution in [0.2, 0.25) is 0 Å². The number of carbonyl (C=O) groups excluding carboxylic acids is 1. The molecule has 0 spiro atoms. The van der Waals surface area contributed by atoms with Crippen molar-refractivity contribution in [1.82, 2.24) is 5.32 Å². The lowest BCUT2D eigenvalue weighted by atomic mass is 10.1. The molecule has 3 rings (SSSR count). The first-order chi connectivity index (χ1) is 14.8. The first-order valence-corrected chi connectivity index (χ1v) is 11.5. The number of anilines is 1. The summed E-state index contributed by atoms with van der Waals surface area (Å²) in [5, 5.41) is 2.97. The fourth-order valence-corrected chi connectivity index (χ4v) is 4.26. The van der Waals surface area contributed by atoms with Gasteiger partial charge in [-0.25, -0.2) is 8.42 Å². The monoisotopic (exact) mass is 438 g/mol. The van der Waals surface area contributed by atoms with Crippen molar-refractivity contribution in [3.8, 4) is 5.75 Å². The van der Waals surface area contributed by atoms with Gasteiger partial charge in [-0.15, -0.1) is 0 Å². The number of hydrogen-bond acceptors (Lipinski definition) is 4. The van der Waals surface area contributed by atoms with Crippen molar-refractivity contribution >= 4 is 21.6 Å². The van der Waals surface area contributed by atoms with Gasteiger partial charge in [-0.1, -0.05) is 30.3 Å². The van der Waals surface area contributed by atoms with E-state index in [-0.39, 0.29) is 16.8 Å². The Kier molecular flexibility index (Phi) is 6.97. The molecule has 0 saturated carbocycles. The van der Waals surface area contributed by atoms with E-state index in [0.29, 0.717) is 23.4 Å². The SMILES string of the molecule is CCOc1ccc([C@@H](C)NC(=O)c2ccc(NS(=O)(=O)c3ccccc3)c(C)c2)cc1. The molecule has 0 bridgehead atoms. The van der Waals surface area contributed by atoms with Gasteiger partial charge in [0.2, 0.25) is 0 Å². The van der Waals surface area contributed by atoms with Crippen LogP contribution >= 0.6 is 0 Å². The molecule has 0 heterocycles. The van der Waals surface area contributed by atoms with Gasteiger partial charge in [0.05, 0.1) is 23.2 Å². The highest BCUT2D eigenvalue weighted by Gasteiger charge is 2.17. The molecule has 162 valence electrons. The third-order valence-corrected chi connectivity index (χ3v) is 6.21. The topological polar surface area (TPSA) is 84.5 Å². The van der Waals surface area contributed by atoms with E-state index in [4.69, 9.17) is 4.74 Å². The van der Waals surface area contributed by atoms with Crippen LogP contribution in [0, 0.1) is 6.92 Å². The largest absolute Gasteiger partial charge is 0.494 e. The predicted molar refractivity (Wildman–Crippen MR) is 122 cm³/mol. The lowest BCUT2D eigenvalue weighted by Crippen LogP contribution is -2.26. The predicted octanol–water partition coefficient (Wildman–Crippen LogP) is 4.69. The Labute approximate surface area is 183 Å². The van der Waals surface area contributed by atoms with Crippen molar-refractivity contribution in [3.05, 3.63) is 89.5 Å². The summed E-state index contributed by atoms with van der Waals surface area (Å²) in [6.07, 6.45) is 0. The van der Waals surface area contributed by atoms with Crippen molar-refractivity contribution < 1.29 is 17.9 Å². The number of benzene rings is 3. The van der Waals surface area contributed by atoms with Crippen LogP contribution in [-0.4, -0.2) is 20.9 Å². The summed E-state index contributed by atoms with van der Waals surface area (Å²) in [6.45, 7) is 6.19. The number of carbonyl (C=O) groups is 1. The van der Waals surface area contributed by atoms with Crippen molar-refractivity contribution in [2.24, 2.45) is 0 Å². The van der Waals surface area contributed by atoms with Crippen LogP contribution < -0.4 is 14.8 Å². The third kappa shape index (κ3) is 5.64. The summed E-state index contributed by atoms with van der Waals surface area (Å²) in [5.41, 5.74) is 2.50. The molecule has 0 radical (unpaired) electrons. The number of aryl methyl sites for hydroxylation is 1. The molecule has 3 aromatic carbocycles. The van der Waals surface area contributed by atoms with Crippen molar-refractivity contribution in [2.45, 2.75) is 31.7 Å². The molecule has 3 aromatic rings. The first kappa shape index (κ1) is 22.4. The minimum atomic E-state index is -3.69. The number of amides is 1. The van der Waals surface area contributed by atoms with E-state index < -0.39 is 10.0 Å². The van der Waals surface area contributed by atoms with E-state index >= 15 is 0 Å². The van der Waals surface area contributed by atoms with E-state index in [0.717, 1.165) is 11.3 Å². The third-order valence-electron chi connectivity index (χ3n) is 4.83. The zero-order valence-electron chi connectivity index (χ0n) is 17.8. The average Bonchev–Trinajstić information content (AvgIpc) is 2.76. The molecule has 0 aliphatic heterocycles. The molecule has 0 saturated heterocycles. The molecule has 1 amide bonds. The van der Waals surface area contributed by atoms with Crippen molar-refractivity contribution in [2.75, 3.05) is 11.3 Å². The fourth-order valence-electron chi connectivity index (χ4n) is 3.11. The van der Waals surface area contributed by atoms with Gasteiger partial charge < -0.3 is 10.1 Å². The molecule has 0 aliphatic carbocycles. The maximum absolute atomic E-state index is 12.7. The van der Waals surface area contributed by atoms with Gasteiger partial charge in [-0.2, -0.15) is 0 Å². The zero-order chi connectivity index (χ0) is 22.4. The van der Waals surface area contributed by atoms with Gasteiger partial charge in [-0.05, 0) is 74.4 Å². The second kappa shape index (κ2) is 9.66. The van der Waals surface area contributed by atoms with Crippen LogP contribution in [-0.2, 0) is 10.0 Å². The van der Waals surface area contributed by atoms with E-state index in [1.54, 1.807) is 43.3 Å². The van der Waals surface area contributed by atoms with Crippen LogP contribution in [0.25, 0.3) is 0 Å². The molecule has 2 N–H and O–H groups in total. The van der Waals surface area contributed by atoms with E-state index in [1.165, 1.54) is 12.1 Å². The average molecular weight is 439 g/mol. The van der Waals surface area contributed by atoms with Crippen LogP contribution in [0.1, 0.15) is 41.4 Å². The van der Waals surface area contributed by atoms with Gasteiger partial charge in [-0.3, -0.25) is 9.52 Å². The smallest absolute Gasteiger partial charge is 0.261 e. The molecule has 7 heteroatoms. The molecular formula is C24H26N2O4S. The standard InChI is InChI=1S/C24H26N2O4S/c1-4-30-21-13-10-19(11-14-21)18(3)25-24(27)20-12-15-23(17(2)16-20)26-31(28,29)22-8-6-5-7-9-22/h5-16,18,26H,4H2,1-3H3,(H,25,27)/t18-/m1/s1. The minimum absolute atomic E-state index is 0.181. The Bertz CT molecular complexity index is 1140. The Balaban J connectivity index is 1.69. The van der Waals surface area contributed by atoms with Crippen LogP contribution in [0.4, 0.5) is 5.69 Å². The van der Waals surface area contributed by atoms with E-state index in [1.807, 2.05) is 38.1 Å². The molecule has 0 fully saturated rings. The first-order valence-electron chi connectivity index (χ1n) is 10.0. The Morgan fingerprint density at radius 3 is 2.29 bits per heavy atom. The lowest BCUT2D eigenvalue weighted by Gasteiger charge is -2.16. The summed E-state index contributed by atoms with van der Waals surface area (Å²) in [5.74, 6) is 0.552. The fraction of sp³-hybridized carbons (Fsp3) is 0.208. The number of rotatable bonds is 8. The van der Waals surface area contributed by atoms with Crippen molar-refractivity contribution in [3.63, 3.8) is 0 Å². The quantitative estimate of drug-likeness (QED) is 0.535. The summed E-state index contributed by atoms with van der Waals surface area (Å²) in [6, 6.07) is 20.4. The summed E-state index contributed by atoms with van der Waals surface area (Å²) < 4.78 is 33.1. The van der Waals surface area contributed by atoms with Gasteiger partial charge in [0, 0.05) is 5.56 Å². The van der Waals surface area contributed by atoms with Crippen LogP contribution in [0.15, 0.2) is 77.7 Å². The molecule has 31 heavy (non-hydrogen) atoms. The van der Waals surface area contributed by atoms with Gasteiger partial charge in [0.25, 0.3) is 15.9 Å². The number of sulfonamides is 1. The Morgan fingerprint density at radius 2 is 1.68 bits per heavy atom. The summed E-state index contributed by atoms with van der Waals surface area (Å²) in [7, 11) is -3.69. The Morgan fingerprint density at radius 1 is 1.00 bits per heavy atom. The summed E-state index contributed by atoms with van der Waals surface area (Å²) in [4.78, 5) is 12.9. The summed E-state index contributed by atoms with van der Waals surface area (Å²) >= 11 is 0. The second-order valence-corrected chi connectivity index (χ2v) is 8.83. The number of ether oxygens (including phenoxy) is 1. The normalized spacial score (nSPS) is 12.1.